The molecule has 136 valence electrons. The third-order valence-electron chi connectivity index (χ3n) is 3.82. The minimum absolute atomic E-state index is 0.0709. The number of amides is 1. The first-order chi connectivity index (χ1) is 12.0. The molecule has 1 aromatic heterocycles. The summed E-state index contributed by atoms with van der Waals surface area (Å²) >= 11 is 1.35. The smallest absolute Gasteiger partial charge is 0.233 e. The van der Waals surface area contributed by atoms with Gasteiger partial charge in [-0.15, -0.1) is 10.2 Å². The maximum Gasteiger partial charge on any atom is 0.233 e. The Kier molecular flexibility index (Phi) is 6.99. The molecule has 2 aromatic rings. The van der Waals surface area contributed by atoms with Gasteiger partial charge in [-0.1, -0.05) is 37.7 Å². The molecule has 0 aliphatic carbocycles. The number of benzene rings is 1. The Bertz CT molecular complexity index is 713. The van der Waals surface area contributed by atoms with Crippen LogP contribution in [-0.4, -0.2) is 44.4 Å². The standard InChI is InChI=1S/C18H25FN4OS/c1-5-22(6-2)16(24)12-25-18-21-20-17(23(18)11-13(3)4)14-9-7-8-10-15(14)19/h7-10,13H,5-6,11-12H2,1-4H3. The molecular formula is C18H25FN4OS. The number of hydrogen-bond acceptors (Lipinski definition) is 4. The van der Waals surface area contributed by atoms with Gasteiger partial charge in [0.15, 0.2) is 11.0 Å². The van der Waals surface area contributed by atoms with Crippen molar-refractivity contribution in [1.82, 2.24) is 19.7 Å². The second kappa shape index (κ2) is 8.99. The first-order valence-electron chi connectivity index (χ1n) is 8.56. The van der Waals surface area contributed by atoms with Crippen molar-refractivity contribution in [3.05, 3.63) is 30.1 Å². The minimum Gasteiger partial charge on any atom is -0.343 e. The lowest BCUT2D eigenvalue weighted by molar-refractivity contribution is -0.127. The molecule has 1 aromatic carbocycles. The zero-order valence-corrected chi connectivity index (χ0v) is 16.0. The van der Waals surface area contributed by atoms with E-state index in [1.807, 2.05) is 18.4 Å². The highest BCUT2D eigenvalue weighted by Gasteiger charge is 2.19. The second-order valence-corrected chi connectivity index (χ2v) is 7.09. The molecule has 0 saturated carbocycles. The van der Waals surface area contributed by atoms with Gasteiger partial charge in [0.1, 0.15) is 5.82 Å². The number of rotatable bonds is 8. The molecule has 1 heterocycles. The SMILES string of the molecule is CCN(CC)C(=O)CSc1nnc(-c2ccccc2F)n1CC(C)C. The fraction of sp³-hybridized carbons (Fsp3) is 0.500. The lowest BCUT2D eigenvalue weighted by Gasteiger charge is -2.18. The largest absolute Gasteiger partial charge is 0.343 e. The topological polar surface area (TPSA) is 51.0 Å². The highest BCUT2D eigenvalue weighted by molar-refractivity contribution is 7.99. The number of aromatic nitrogens is 3. The van der Waals surface area contributed by atoms with Crippen LogP contribution in [0.3, 0.4) is 0 Å². The molecule has 0 saturated heterocycles. The fourth-order valence-corrected chi connectivity index (χ4v) is 3.41. The molecule has 25 heavy (non-hydrogen) atoms. The molecule has 0 aliphatic heterocycles. The number of carbonyl (C=O) groups excluding carboxylic acids is 1. The Morgan fingerprint density at radius 1 is 1.24 bits per heavy atom. The highest BCUT2D eigenvalue weighted by Crippen LogP contribution is 2.27. The summed E-state index contributed by atoms with van der Waals surface area (Å²) in [5, 5.41) is 9.04. The lowest BCUT2D eigenvalue weighted by Crippen LogP contribution is -2.32. The van der Waals surface area contributed by atoms with Gasteiger partial charge in [0.05, 0.1) is 11.3 Å². The van der Waals surface area contributed by atoms with Gasteiger partial charge in [-0.2, -0.15) is 0 Å². The summed E-state index contributed by atoms with van der Waals surface area (Å²) in [7, 11) is 0. The van der Waals surface area contributed by atoms with Gasteiger partial charge in [-0.3, -0.25) is 4.79 Å². The molecule has 0 N–H and O–H groups in total. The van der Waals surface area contributed by atoms with E-state index >= 15 is 0 Å². The van der Waals surface area contributed by atoms with Gasteiger partial charge >= 0.3 is 0 Å². The average molecular weight is 364 g/mol. The summed E-state index contributed by atoms with van der Waals surface area (Å²) in [4.78, 5) is 14.0. The number of nitrogens with zero attached hydrogens (tertiary/aromatic N) is 4. The Labute approximate surface area is 152 Å². The van der Waals surface area contributed by atoms with Crippen LogP contribution in [0.15, 0.2) is 29.4 Å². The van der Waals surface area contributed by atoms with Crippen LogP contribution in [0.1, 0.15) is 27.7 Å². The third-order valence-corrected chi connectivity index (χ3v) is 4.77. The van der Waals surface area contributed by atoms with E-state index < -0.39 is 0 Å². The van der Waals surface area contributed by atoms with E-state index in [1.54, 1.807) is 23.1 Å². The maximum absolute atomic E-state index is 14.2. The summed E-state index contributed by atoms with van der Waals surface area (Å²) in [5.41, 5.74) is 0.428. The van der Waals surface area contributed by atoms with Gasteiger partial charge in [0.25, 0.3) is 0 Å². The molecule has 0 bridgehead atoms. The van der Waals surface area contributed by atoms with Crippen LogP contribution < -0.4 is 0 Å². The zero-order valence-electron chi connectivity index (χ0n) is 15.2. The molecule has 0 spiro atoms. The Morgan fingerprint density at radius 2 is 1.92 bits per heavy atom. The number of carbonyl (C=O) groups is 1. The predicted molar refractivity (Wildman–Crippen MR) is 98.9 cm³/mol. The van der Waals surface area contributed by atoms with Crippen molar-refractivity contribution in [2.45, 2.75) is 39.4 Å². The number of hydrogen-bond donors (Lipinski definition) is 0. The molecule has 5 nitrogen and oxygen atoms in total. The first-order valence-corrected chi connectivity index (χ1v) is 9.55. The van der Waals surface area contributed by atoms with Crippen molar-refractivity contribution in [2.24, 2.45) is 5.92 Å². The Hall–Kier alpha value is -1.89. The van der Waals surface area contributed by atoms with E-state index in [-0.39, 0.29) is 11.7 Å². The van der Waals surface area contributed by atoms with E-state index in [4.69, 9.17) is 0 Å². The number of thioether (sulfide) groups is 1. The Balaban J connectivity index is 2.27. The van der Waals surface area contributed by atoms with Crippen molar-refractivity contribution in [3.8, 4) is 11.4 Å². The van der Waals surface area contributed by atoms with Crippen LogP contribution in [0.25, 0.3) is 11.4 Å². The van der Waals surface area contributed by atoms with Crippen molar-refractivity contribution in [3.63, 3.8) is 0 Å². The van der Waals surface area contributed by atoms with Gasteiger partial charge in [0.2, 0.25) is 5.91 Å². The number of halogens is 1. The summed E-state index contributed by atoms with van der Waals surface area (Å²) in [6, 6.07) is 6.55. The molecule has 1 amide bonds. The van der Waals surface area contributed by atoms with E-state index in [0.717, 1.165) is 0 Å². The summed E-state index contributed by atoms with van der Waals surface area (Å²) in [6.45, 7) is 10.1. The molecule has 0 aliphatic rings. The van der Waals surface area contributed by atoms with Gasteiger partial charge in [0, 0.05) is 19.6 Å². The van der Waals surface area contributed by atoms with Gasteiger partial charge in [-0.25, -0.2) is 4.39 Å². The fourth-order valence-electron chi connectivity index (χ4n) is 2.56. The highest BCUT2D eigenvalue weighted by atomic mass is 32.2. The van der Waals surface area contributed by atoms with Gasteiger partial charge in [-0.05, 0) is 31.9 Å². The molecule has 2 rings (SSSR count). The van der Waals surface area contributed by atoms with Crippen LogP contribution in [0.5, 0.6) is 0 Å². The molecule has 0 fully saturated rings. The van der Waals surface area contributed by atoms with Crippen molar-refractivity contribution in [1.29, 1.82) is 0 Å². The predicted octanol–water partition coefficient (Wildman–Crippen LogP) is 3.70. The van der Waals surface area contributed by atoms with Crippen LogP contribution in [0, 0.1) is 11.7 Å². The quantitative estimate of drug-likeness (QED) is 0.670. The van der Waals surface area contributed by atoms with E-state index in [2.05, 4.69) is 24.0 Å². The molecule has 0 atom stereocenters. The second-order valence-electron chi connectivity index (χ2n) is 6.15. The summed E-state index contributed by atoms with van der Waals surface area (Å²) in [6.07, 6.45) is 0. The monoisotopic (exact) mass is 364 g/mol. The van der Waals surface area contributed by atoms with Crippen LogP contribution in [-0.2, 0) is 11.3 Å². The van der Waals surface area contributed by atoms with Crippen LogP contribution in [0.2, 0.25) is 0 Å². The van der Waals surface area contributed by atoms with Crippen molar-refractivity contribution in [2.75, 3.05) is 18.8 Å². The summed E-state index contributed by atoms with van der Waals surface area (Å²) < 4.78 is 16.1. The normalized spacial score (nSPS) is 11.1. The maximum atomic E-state index is 14.2. The lowest BCUT2D eigenvalue weighted by atomic mass is 10.2. The zero-order chi connectivity index (χ0) is 18.4. The minimum atomic E-state index is -0.323. The summed E-state index contributed by atoms with van der Waals surface area (Å²) in [5.74, 6) is 0.899. The molecular weight excluding hydrogens is 339 g/mol. The van der Waals surface area contributed by atoms with Crippen molar-refractivity contribution >= 4 is 17.7 Å². The van der Waals surface area contributed by atoms with Crippen molar-refractivity contribution < 1.29 is 9.18 Å². The molecule has 0 unspecified atom stereocenters. The van der Waals surface area contributed by atoms with Crippen LogP contribution >= 0.6 is 11.8 Å². The van der Waals surface area contributed by atoms with E-state index in [9.17, 15) is 9.18 Å². The van der Waals surface area contributed by atoms with E-state index in [0.29, 0.717) is 47.8 Å². The van der Waals surface area contributed by atoms with E-state index in [1.165, 1.54) is 17.8 Å². The Morgan fingerprint density at radius 3 is 2.52 bits per heavy atom. The molecule has 7 heteroatoms. The molecule has 0 radical (unpaired) electrons. The van der Waals surface area contributed by atoms with Crippen LogP contribution in [0.4, 0.5) is 4.39 Å². The average Bonchev–Trinajstić information content (AvgIpc) is 2.96. The third kappa shape index (κ3) is 4.81. The first kappa shape index (κ1) is 19.4. The van der Waals surface area contributed by atoms with Gasteiger partial charge < -0.3 is 9.47 Å².